The van der Waals surface area contributed by atoms with E-state index in [2.05, 4.69) is 4.98 Å². The van der Waals surface area contributed by atoms with Gasteiger partial charge in [-0.2, -0.15) is 0 Å². The maximum Gasteiger partial charge on any atom is 0.323 e. The monoisotopic (exact) mass is 312 g/mol. The molecule has 0 aliphatic carbocycles. The van der Waals surface area contributed by atoms with Crippen molar-refractivity contribution in [2.45, 2.75) is 0 Å². The van der Waals surface area contributed by atoms with E-state index in [-0.39, 0.29) is 6.54 Å². The van der Waals surface area contributed by atoms with Crippen LogP contribution in [0.3, 0.4) is 0 Å². The number of carbonyl (C=O) groups excluding carboxylic acids is 1. The Morgan fingerprint density at radius 3 is 2.26 bits per heavy atom. The maximum absolute atomic E-state index is 12.5. The van der Waals surface area contributed by atoms with Crippen LogP contribution in [0.15, 0.2) is 54.9 Å². The van der Waals surface area contributed by atoms with Gasteiger partial charge in [0.05, 0.1) is 6.34 Å². The minimum atomic E-state index is -1.10. The average Bonchev–Trinajstić information content (AvgIpc) is 2.58. The quantitative estimate of drug-likeness (QED) is 0.598. The van der Waals surface area contributed by atoms with Crippen LogP contribution in [-0.2, 0) is 9.59 Å². The standard InChI is InChI=1S/C16H16N4O3/c17-12-19(13-6-8-18-9-7-13)10-15(21)20(11-16(22)23)14-4-2-1-3-5-14/h1-9,12,17H,10-11H2,(H,22,23). The second-order valence-corrected chi connectivity index (χ2v) is 4.67. The molecule has 1 amide bonds. The van der Waals surface area contributed by atoms with Crippen molar-refractivity contribution in [1.29, 1.82) is 5.41 Å². The number of aliphatic carboxylic acids is 1. The Bertz CT molecular complexity index is 676. The number of para-hydroxylation sites is 1. The third kappa shape index (κ3) is 4.37. The van der Waals surface area contributed by atoms with E-state index in [9.17, 15) is 9.59 Å². The van der Waals surface area contributed by atoms with Crippen molar-refractivity contribution in [3.8, 4) is 0 Å². The van der Waals surface area contributed by atoms with Gasteiger partial charge < -0.3 is 10.0 Å². The molecule has 1 aromatic heterocycles. The van der Waals surface area contributed by atoms with Crippen molar-refractivity contribution >= 4 is 29.6 Å². The van der Waals surface area contributed by atoms with Crippen molar-refractivity contribution in [3.05, 3.63) is 54.9 Å². The summed E-state index contributed by atoms with van der Waals surface area (Å²) in [6, 6.07) is 11.9. The van der Waals surface area contributed by atoms with Crippen LogP contribution in [0.2, 0.25) is 0 Å². The topological polar surface area (TPSA) is 97.6 Å². The molecule has 0 spiro atoms. The van der Waals surface area contributed by atoms with Crippen LogP contribution < -0.4 is 9.80 Å². The van der Waals surface area contributed by atoms with E-state index in [1.54, 1.807) is 54.9 Å². The molecular weight excluding hydrogens is 296 g/mol. The summed E-state index contributed by atoms with van der Waals surface area (Å²) in [6.07, 6.45) is 4.14. The van der Waals surface area contributed by atoms with Gasteiger partial charge in [0.25, 0.3) is 0 Å². The lowest BCUT2D eigenvalue weighted by Crippen LogP contribution is -2.42. The lowest BCUT2D eigenvalue weighted by molar-refractivity contribution is -0.136. The summed E-state index contributed by atoms with van der Waals surface area (Å²) in [6.45, 7) is -0.583. The van der Waals surface area contributed by atoms with Crippen LogP contribution in [0.25, 0.3) is 0 Å². The zero-order chi connectivity index (χ0) is 16.7. The predicted molar refractivity (Wildman–Crippen MR) is 86.8 cm³/mol. The molecule has 2 aromatic rings. The molecule has 0 atom stereocenters. The molecule has 7 nitrogen and oxygen atoms in total. The van der Waals surface area contributed by atoms with E-state index in [1.165, 1.54) is 9.80 Å². The summed E-state index contributed by atoms with van der Waals surface area (Å²) in [4.78, 5) is 30.1. The number of hydrogen-bond acceptors (Lipinski definition) is 4. The number of hydrogen-bond donors (Lipinski definition) is 2. The highest BCUT2D eigenvalue weighted by Crippen LogP contribution is 2.15. The minimum absolute atomic E-state index is 0.143. The normalized spacial score (nSPS) is 9.91. The van der Waals surface area contributed by atoms with Crippen LogP contribution in [-0.4, -0.2) is 41.4 Å². The van der Waals surface area contributed by atoms with E-state index in [0.29, 0.717) is 11.4 Å². The van der Waals surface area contributed by atoms with Gasteiger partial charge in [0.15, 0.2) is 0 Å². The molecule has 0 radical (unpaired) electrons. The number of carboxylic acid groups (broad SMARTS) is 1. The van der Waals surface area contributed by atoms with Crippen molar-refractivity contribution < 1.29 is 14.7 Å². The number of aromatic nitrogens is 1. The molecule has 0 fully saturated rings. The Hall–Kier alpha value is -3.22. The largest absolute Gasteiger partial charge is 0.480 e. The number of nitrogens with zero attached hydrogens (tertiary/aromatic N) is 3. The fraction of sp³-hybridized carbons (Fsp3) is 0.125. The fourth-order valence-electron chi connectivity index (χ4n) is 2.04. The first-order chi connectivity index (χ1) is 11.1. The number of carboxylic acids is 1. The first kappa shape index (κ1) is 16.2. The van der Waals surface area contributed by atoms with Crippen LogP contribution >= 0.6 is 0 Å². The number of nitrogens with one attached hydrogen (secondary N) is 1. The number of rotatable bonds is 7. The third-order valence-corrected chi connectivity index (χ3v) is 3.12. The zero-order valence-corrected chi connectivity index (χ0v) is 12.3. The zero-order valence-electron chi connectivity index (χ0n) is 12.3. The molecule has 2 rings (SSSR count). The summed E-state index contributed by atoms with van der Waals surface area (Å²) in [5.74, 6) is -1.52. The van der Waals surface area contributed by atoms with E-state index in [1.807, 2.05) is 0 Å². The highest BCUT2D eigenvalue weighted by Gasteiger charge is 2.21. The summed E-state index contributed by atoms with van der Waals surface area (Å²) in [5.41, 5.74) is 1.13. The average molecular weight is 312 g/mol. The number of pyridine rings is 1. The molecule has 23 heavy (non-hydrogen) atoms. The maximum atomic E-state index is 12.5. The first-order valence-electron chi connectivity index (χ1n) is 6.86. The van der Waals surface area contributed by atoms with Gasteiger partial charge in [-0.05, 0) is 24.3 Å². The smallest absolute Gasteiger partial charge is 0.323 e. The molecule has 0 bridgehead atoms. The van der Waals surface area contributed by atoms with Gasteiger partial charge in [-0.3, -0.25) is 24.9 Å². The fourth-order valence-corrected chi connectivity index (χ4v) is 2.04. The van der Waals surface area contributed by atoms with Crippen molar-refractivity contribution in [2.75, 3.05) is 22.9 Å². The van der Waals surface area contributed by atoms with E-state index >= 15 is 0 Å². The highest BCUT2D eigenvalue weighted by molar-refractivity contribution is 6.02. The van der Waals surface area contributed by atoms with Gasteiger partial charge in [0.2, 0.25) is 5.91 Å². The summed E-state index contributed by atoms with van der Waals surface area (Å²) in [5, 5.41) is 16.5. The number of anilines is 2. The Kier molecular flexibility index (Phi) is 5.40. The van der Waals surface area contributed by atoms with E-state index in [4.69, 9.17) is 10.5 Å². The Morgan fingerprint density at radius 2 is 1.70 bits per heavy atom. The lowest BCUT2D eigenvalue weighted by Gasteiger charge is -2.25. The Labute approximate surface area is 133 Å². The van der Waals surface area contributed by atoms with Gasteiger partial charge in [-0.1, -0.05) is 18.2 Å². The first-order valence-corrected chi connectivity index (χ1v) is 6.86. The molecule has 0 aliphatic rings. The summed E-state index contributed by atoms with van der Waals surface area (Å²) >= 11 is 0. The third-order valence-electron chi connectivity index (χ3n) is 3.12. The van der Waals surface area contributed by atoms with Crippen molar-refractivity contribution in [1.82, 2.24) is 4.98 Å². The SMILES string of the molecule is N=CN(CC(=O)N(CC(=O)O)c1ccccc1)c1ccncc1. The Morgan fingerprint density at radius 1 is 1.04 bits per heavy atom. The predicted octanol–water partition coefficient (Wildman–Crippen LogP) is 1.61. The van der Waals surface area contributed by atoms with Crippen LogP contribution in [0.5, 0.6) is 0 Å². The molecule has 118 valence electrons. The summed E-state index contributed by atoms with van der Waals surface area (Å²) in [7, 11) is 0. The minimum Gasteiger partial charge on any atom is -0.480 e. The molecular formula is C16H16N4O3. The molecule has 2 N–H and O–H groups in total. The molecule has 1 heterocycles. The second kappa shape index (κ2) is 7.69. The Balaban J connectivity index is 2.20. The molecule has 1 aromatic carbocycles. The second-order valence-electron chi connectivity index (χ2n) is 4.67. The summed E-state index contributed by atoms with van der Waals surface area (Å²) < 4.78 is 0. The molecule has 0 saturated carbocycles. The van der Waals surface area contributed by atoms with Gasteiger partial charge in [0.1, 0.15) is 13.1 Å². The number of carbonyl (C=O) groups is 2. The molecule has 0 unspecified atom stereocenters. The van der Waals surface area contributed by atoms with Gasteiger partial charge in [-0.15, -0.1) is 0 Å². The van der Waals surface area contributed by atoms with Crippen molar-refractivity contribution in [3.63, 3.8) is 0 Å². The van der Waals surface area contributed by atoms with Crippen molar-refractivity contribution in [2.24, 2.45) is 0 Å². The number of benzene rings is 1. The van der Waals surface area contributed by atoms with Crippen LogP contribution in [0.1, 0.15) is 0 Å². The molecule has 0 saturated heterocycles. The van der Waals surface area contributed by atoms with Gasteiger partial charge in [-0.25, -0.2) is 0 Å². The van der Waals surface area contributed by atoms with Crippen LogP contribution in [0.4, 0.5) is 11.4 Å². The highest BCUT2D eigenvalue weighted by atomic mass is 16.4. The lowest BCUT2D eigenvalue weighted by atomic mass is 10.2. The van der Waals surface area contributed by atoms with Gasteiger partial charge in [0, 0.05) is 23.8 Å². The van der Waals surface area contributed by atoms with E-state index in [0.717, 1.165) is 6.34 Å². The van der Waals surface area contributed by atoms with Gasteiger partial charge >= 0.3 is 5.97 Å². The van der Waals surface area contributed by atoms with E-state index < -0.39 is 18.4 Å². The molecule has 7 heteroatoms. The molecule has 0 aliphatic heterocycles. The van der Waals surface area contributed by atoms with Crippen LogP contribution in [0, 0.1) is 5.41 Å². The number of amides is 1.